The molecule has 7 heteroatoms. The Balaban J connectivity index is 0.00000312. The van der Waals surface area contributed by atoms with Crippen molar-refractivity contribution >= 4 is 30.0 Å². The molecule has 1 amide bonds. The first-order valence-corrected chi connectivity index (χ1v) is 8.38. The number of rotatable bonds is 7. The minimum Gasteiger partial charge on any atom is -0.482 e. The molecule has 25 heavy (non-hydrogen) atoms. The first-order chi connectivity index (χ1) is 11.6. The first-order valence-electron chi connectivity index (χ1n) is 8.38. The molecule has 1 saturated heterocycles. The van der Waals surface area contributed by atoms with Crippen LogP contribution in [0.3, 0.4) is 0 Å². The highest BCUT2D eigenvalue weighted by Gasteiger charge is 2.22. The van der Waals surface area contributed by atoms with Crippen molar-refractivity contribution in [3.05, 3.63) is 24.3 Å². The van der Waals surface area contributed by atoms with Crippen molar-refractivity contribution in [2.75, 3.05) is 32.1 Å². The lowest BCUT2D eigenvalue weighted by Gasteiger charge is -2.28. The molecule has 2 rings (SSSR count). The predicted molar refractivity (Wildman–Crippen MR) is 99.2 cm³/mol. The van der Waals surface area contributed by atoms with Crippen LogP contribution in [0.5, 0.6) is 5.75 Å². The molecule has 1 heterocycles. The van der Waals surface area contributed by atoms with E-state index in [9.17, 15) is 9.59 Å². The zero-order valence-electron chi connectivity index (χ0n) is 14.7. The number of amides is 1. The topological polar surface area (TPSA) is 76.7 Å². The molecular weight excluding hydrogens is 344 g/mol. The van der Waals surface area contributed by atoms with E-state index in [1.165, 1.54) is 20.0 Å². The number of ether oxygens (including phenoxy) is 2. The summed E-state index contributed by atoms with van der Waals surface area (Å²) in [7, 11) is 1.31. The smallest absolute Gasteiger partial charge is 0.343 e. The van der Waals surface area contributed by atoms with Crippen LogP contribution in [0.25, 0.3) is 0 Å². The van der Waals surface area contributed by atoms with E-state index in [0.717, 1.165) is 13.1 Å². The maximum atomic E-state index is 12.2. The lowest BCUT2D eigenvalue weighted by molar-refractivity contribution is -0.142. The molecule has 1 aromatic rings. The summed E-state index contributed by atoms with van der Waals surface area (Å²) in [6, 6.07) is 7.01. The van der Waals surface area contributed by atoms with Crippen molar-refractivity contribution in [1.29, 1.82) is 0 Å². The van der Waals surface area contributed by atoms with Crippen LogP contribution >= 0.6 is 12.4 Å². The zero-order valence-corrected chi connectivity index (χ0v) is 15.6. The molecule has 0 aromatic heterocycles. The van der Waals surface area contributed by atoms with Crippen LogP contribution in [0.4, 0.5) is 5.69 Å². The molecule has 140 valence electrons. The Morgan fingerprint density at radius 2 is 2.20 bits per heavy atom. The molecule has 1 aromatic carbocycles. The van der Waals surface area contributed by atoms with E-state index in [1.54, 1.807) is 24.3 Å². The van der Waals surface area contributed by atoms with Crippen LogP contribution in [-0.4, -0.2) is 38.7 Å². The van der Waals surface area contributed by atoms with Crippen molar-refractivity contribution in [3.8, 4) is 5.75 Å². The summed E-state index contributed by atoms with van der Waals surface area (Å²) < 4.78 is 9.85. The second-order valence-electron chi connectivity index (χ2n) is 6.23. The fraction of sp³-hybridized carbons (Fsp3) is 0.556. The van der Waals surface area contributed by atoms with E-state index < -0.39 is 5.97 Å². The van der Waals surface area contributed by atoms with Crippen molar-refractivity contribution in [1.82, 2.24) is 5.32 Å². The van der Waals surface area contributed by atoms with Crippen molar-refractivity contribution in [2.24, 2.45) is 11.8 Å². The third-order valence-corrected chi connectivity index (χ3v) is 4.35. The fourth-order valence-corrected chi connectivity index (χ4v) is 2.90. The molecular formula is C18H27ClN2O4. The monoisotopic (exact) mass is 370 g/mol. The minimum absolute atomic E-state index is 0. The fourth-order valence-electron chi connectivity index (χ4n) is 2.90. The molecule has 0 aliphatic carbocycles. The lowest BCUT2D eigenvalue weighted by Crippen LogP contribution is -2.34. The van der Waals surface area contributed by atoms with Gasteiger partial charge in [-0.1, -0.05) is 13.0 Å². The SMILES string of the molecule is COC(=O)COc1cccc(NC(=O)CC(C)C2CCCNC2)c1.Cl. The van der Waals surface area contributed by atoms with E-state index in [4.69, 9.17) is 4.74 Å². The largest absolute Gasteiger partial charge is 0.482 e. The number of methoxy groups -OCH3 is 1. The maximum absolute atomic E-state index is 12.2. The number of halogens is 1. The second-order valence-corrected chi connectivity index (χ2v) is 6.23. The minimum atomic E-state index is -0.445. The van der Waals surface area contributed by atoms with Gasteiger partial charge in [0.2, 0.25) is 5.91 Å². The van der Waals surface area contributed by atoms with Crippen molar-refractivity contribution < 1.29 is 19.1 Å². The van der Waals surface area contributed by atoms with E-state index in [-0.39, 0.29) is 24.9 Å². The predicted octanol–water partition coefficient (Wildman–Crippen LogP) is 2.62. The van der Waals surface area contributed by atoms with Crippen LogP contribution in [0, 0.1) is 11.8 Å². The van der Waals surface area contributed by atoms with Gasteiger partial charge in [-0.15, -0.1) is 12.4 Å². The number of carbonyl (C=O) groups is 2. The molecule has 2 N–H and O–H groups in total. The third kappa shape index (κ3) is 7.32. The Hall–Kier alpha value is -1.79. The summed E-state index contributed by atoms with van der Waals surface area (Å²) in [6.07, 6.45) is 2.86. The molecule has 1 aliphatic heterocycles. The first kappa shape index (κ1) is 21.3. The summed E-state index contributed by atoms with van der Waals surface area (Å²) in [5.74, 6) is 0.969. The highest BCUT2D eigenvalue weighted by molar-refractivity contribution is 5.91. The average Bonchev–Trinajstić information content (AvgIpc) is 2.60. The Bertz CT molecular complexity index is 562. The second kappa shape index (κ2) is 10.9. The number of benzene rings is 1. The number of esters is 1. The molecule has 6 nitrogen and oxygen atoms in total. The molecule has 2 atom stereocenters. The van der Waals surface area contributed by atoms with Gasteiger partial charge >= 0.3 is 5.97 Å². The third-order valence-electron chi connectivity index (χ3n) is 4.35. The highest BCUT2D eigenvalue weighted by Crippen LogP contribution is 2.23. The maximum Gasteiger partial charge on any atom is 0.343 e. The van der Waals surface area contributed by atoms with Gasteiger partial charge in [0.25, 0.3) is 0 Å². The van der Waals surface area contributed by atoms with Crippen molar-refractivity contribution in [3.63, 3.8) is 0 Å². The number of piperidine rings is 1. The van der Waals surface area contributed by atoms with E-state index in [2.05, 4.69) is 22.3 Å². The van der Waals surface area contributed by atoms with Crippen LogP contribution < -0.4 is 15.4 Å². The summed E-state index contributed by atoms with van der Waals surface area (Å²) in [5.41, 5.74) is 0.663. The summed E-state index contributed by atoms with van der Waals surface area (Å²) in [6.45, 7) is 4.05. The number of hydrogen-bond acceptors (Lipinski definition) is 5. The standard InChI is InChI=1S/C18H26N2O4.ClH/c1-13(14-5-4-8-19-11-14)9-17(21)20-15-6-3-7-16(10-15)24-12-18(22)23-2;/h3,6-7,10,13-14,19H,4-5,8-9,11-12H2,1-2H3,(H,20,21);1H. The van der Waals surface area contributed by atoms with Gasteiger partial charge in [-0.2, -0.15) is 0 Å². The number of carbonyl (C=O) groups excluding carboxylic acids is 2. The normalized spacial score (nSPS) is 17.8. The Labute approximate surface area is 155 Å². The zero-order chi connectivity index (χ0) is 17.4. The van der Waals surface area contributed by atoms with Gasteiger partial charge < -0.3 is 20.1 Å². The molecule has 1 aliphatic rings. The molecule has 2 unspecified atom stereocenters. The molecule has 1 fully saturated rings. The van der Waals surface area contributed by atoms with Crippen LogP contribution in [0.15, 0.2) is 24.3 Å². The van der Waals surface area contributed by atoms with Crippen LogP contribution in [0.2, 0.25) is 0 Å². The Morgan fingerprint density at radius 3 is 2.88 bits per heavy atom. The average molecular weight is 371 g/mol. The van der Waals surface area contributed by atoms with Gasteiger partial charge in [-0.3, -0.25) is 4.79 Å². The van der Waals surface area contributed by atoms with Gasteiger partial charge in [0.15, 0.2) is 6.61 Å². The van der Waals surface area contributed by atoms with E-state index >= 15 is 0 Å². The summed E-state index contributed by atoms with van der Waals surface area (Å²) in [5, 5.41) is 6.29. The summed E-state index contributed by atoms with van der Waals surface area (Å²) >= 11 is 0. The van der Waals surface area contributed by atoms with Crippen molar-refractivity contribution in [2.45, 2.75) is 26.2 Å². The van der Waals surface area contributed by atoms with Gasteiger partial charge in [0.1, 0.15) is 5.75 Å². The molecule has 0 radical (unpaired) electrons. The van der Waals surface area contributed by atoms with Gasteiger partial charge in [-0.25, -0.2) is 4.79 Å². The number of hydrogen-bond donors (Lipinski definition) is 2. The summed E-state index contributed by atoms with van der Waals surface area (Å²) in [4.78, 5) is 23.3. The Kier molecular flexibility index (Phi) is 9.31. The molecule has 0 saturated carbocycles. The quantitative estimate of drug-likeness (QED) is 0.721. The van der Waals surface area contributed by atoms with E-state index in [1.807, 2.05) is 0 Å². The van der Waals surface area contributed by atoms with Gasteiger partial charge in [0.05, 0.1) is 7.11 Å². The Morgan fingerprint density at radius 1 is 1.40 bits per heavy atom. The van der Waals surface area contributed by atoms with Crippen LogP contribution in [-0.2, 0) is 14.3 Å². The molecule has 0 bridgehead atoms. The number of anilines is 1. The van der Waals surface area contributed by atoms with Crippen LogP contribution in [0.1, 0.15) is 26.2 Å². The van der Waals surface area contributed by atoms with E-state index in [0.29, 0.717) is 29.7 Å². The highest BCUT2D eigenvalue weighted by atomic mass is 35.5. The molecule has 0 spiro atoms. The van der Waals surface area contributed by atoms with Gasteiger partial charge in [-0.05, 0) is 49.9 Å². The number of nitrogens with one attached hydrogen (secondary N) is 2. The van der Waals surface area contributed by atoms with Gasteiger partial charge in [0, 0.05) is 18.2 Å². The lowest BCUT2D eigenvalue weighted by atomic mass is 9.85.